The van der Waals surface area contributed by atoms with Gasteiger partial charge in [0.2, 0.25) is 5.76 Å². The Morgan fingerprint density at radius 1 is 1.35 bits per heavy atom. The van der Waals surface area contributed by atoms with Gasteiger partial charge in [-0.1, -0.05) is 5.16 Å². The molecule has 7 nitrogen and oxygen atoms in total. The molecule has 0 bridgehead atoms. The van der Waals surface area contributed by atoms with Crippen molar-refractivity contribution in [1.82, 2.24) is 16.0 Å². The Hall–Kier alpha value is -2.05. The first-order chi connectivity index (χ1) is 7.78. The molecule has 2 N–H and O–H groups in total. The van der Waals surface area contributed by atoms with Crippen LogP contribution in [0.3, 0.4) is 0 Å². The zero-order valence-corrected chi connectivity index (χ0v) is 10.2. The van der Waals surface area contributed by atoms with E-state index in [1.54, 1.807) is 27.7 Å². The summed E-state index contributed by atoms with van der Waals surface area (Å²) in [6.45, 7) is 6.83. The number of aromatic nitrogens is 1. The van der Waals surface area contributed by atoms with Gasteiger partial charge in [0.05, 0.1) is 5.69 Å². The van der Waals surface area contributed by atoms with Crippen LogP contribution in [0.15, 0.2) is 10.6 Å². The van der Waals surface area contributed by atoms with Crippen molar-refractivity contribution in [3.05, 3.63) is 17.5 Å². The van der Waals surface area contributed by atoms with Crippen LogP contribution < -0.4 is 10.9 Å². The average molecular weight is 241 g/mol. The van der Waals surface area contributed by atoms with Gasteiger partial charge >= 0.3 is 12.0 Å². The number of hydrogen-bond donors (Lipinski definition) is 2. The highest BCUT2D eigenvalue weighted by atomic mass is 16.6. The molecule has 1 aromatic rings. The molecule has 2 amide bonds. The minimum Gasteiger partial charge on any atom is -0.443 e. The summed E-state index contributed by atoms with van der Waals surface area (Å²) in [5, 5.41) is 3.54. The number of ether oxygens (including phenoxy) is 1. The minimum atomic E-state index is -0.748. The van der Waals surface area contributed by atoms with Crippen molar-refractivity contribution in [1.29, 1.82) is 0 Å². The Balaban J connectivity index is 2.41. The van der Waals surface area contributed by atoms with Crippen molar-refractivity contribution in [2.75, 3.05) is 0 Å². The Morgan fingerprint density at radius 3 is 2.47 bits per heavy atom. The second kappa shape index (κ2) is 4.86. The quantitative estimate of drug-likeness (QED) is 0.719. The van der Waals surface area contributed by atoms with Crippen LogP contribution >= 0.6 is 0 Å². The monoisotopic (exact) mass is 241 g/mol. The molecule has 1 aromatic heterocycles. The maximum Gasteiger partial charge on any atom is 0.426 e. The summed E-state index contributed by atoms with van der Waals surface area (Å²) in [7, 11) is 0. The SMILES string of the molecule is Cc1cc(C(=O)NNC(=O)OC(C)(C)C)on1. The summed E-state index contributed by atoms with van der Waals surface area (Å²) in [4.78, 5) is 22.6. The van der Waals surface area contributed by atoms with Crippen LogP contribution in [0.25, 0.3) is 0 Å². The lowest BCUT2D eigenvalue weighted by Crippen LogP contribution is -2.44. The molecule has 7 heteroatoms. The summed E-state index contributed by atoms with van der Waals surface area (Å²) < 4.78 is 9.62. The highest BCUT2D eigenvalue weighted by molar-refractivity contribution is 5.92. The van der Waals surface area contributed by atoms with Crippen LogP contribution in [0, 0.1) is 6.92 Å². The summed E-state index contributed by atoms with van der Waals surface area (Å²) in [5.41, 5.74) is 4.18. The third-order valence-electron chi connectivity index (χ3n) is 1.53. The van der Waals surface area contributed by atoms with Crippen molar-refractivity contribution < 1.29 is 18.8 Å². The van der Waals surface area contributed by atoms with Gasteiger partial charge in [-0.05, 0) is 27.7 Å². The standard InChI is InChI=1S/C10H15N3O4/c1-6-5-7(17-13-6)8(14)11-12-9(15)16-10(2,3)4/h5H,1-4H3,(H,11,14)(H,12,15). The number of hydrazine groups is 1. The molecule has 0 aliphatic rings. The molecule has 94 valence electrons. The lowest BCUT2D eigenvalue weighted by Gasteiger charge is -2.19. The van der Waals surface area contributed by atoms with Crippen LogP contribution in [-0.4, -0.2) is 22.8 Å². The van der Waals surface area contributed by atoms with E-state index < -0.39 is 17.6 Å². The number of aryl methyl sites for hydroxylation is 1. The molecule has 0 aliphatic carbocycles. The van der Waals surface area contributed by atoms with E-state index in [1.165, 1.54) is 6.07 Å². The molecule has 17 heavy (non-hydrogen) atoms. The lowest BCUT2D eigenvalue weighted by molar-refractivity contribution is 0.0480. The van der Waals surface area contributed by atoms with Gasteiger partial charge in [0, 0.05) is 6.07 Å². The highest BCUT2D eigenvalue weighted by Gasteiger charge is 2.17. The van der Waals surface area contributed by atoms with Crippen LogP contribution in [0.2, 0.25) is 0 Å². The summed E-state index contributed by atoms with van der Waals surface area (Å²) in [6.07, 6.45) is -0.748. The van der Waals surface area contributed by atoms with Gasteiger partial charge in [0.25, 0.3) is 0 Å². The largest absolute Gasteiger partial charge is 0.443 e. The van der Waals surface area contributed by atoms with Crippen molar-refractivity contribution in [3.8, 4) is 0 Å². The molecule has 0 saturated carbocycles. The first-order valence-electron chi connectivity index (χ1n) is 5.00. The topological polar surface area (TPSA) is 93.5 Å². The van der Waals surface area contributed by atoms with Crippen molar-refractivity contribution in [2.45, 2.75) is 33.3 Å². The van der Waals surface area contributed by atoms with E-state index in [0.29, 0.717) is 5.69 Å². The number of carbonyl (C=O) groups excluding carboxylic acids is 2. The molecule has 0 atom stereocenters. The maximum absolute atomic E-state index is 11.4. The van der Waals surface area contributed by atoms with Crippen molar-refractivity contribution in [2.24, 2.45) is 0 Å². The predicted molar refractivity (Wildman–Crippen MR) is 58.1 cm³/mol. The first kappa shape index (κ1) is 13.0. The zero-order chi connectivity index (χ0) is 13.1. The number of amides is 2. The molecule has 0 unspecified atom stereocenters. The van der Waals surface area contributed by atoms with Crippen LogP contribution in [0.4, 0.5) is 4.79 Å². The van der Waals surface area contributed by atoms with E-state index in [4.69, 9.17) is 9.26 Å². The summed E-state index contributed by atoms with van der Waals surface area (Å²) in [5.74, 6) is -0.588. The number of nitrogens with zero attached hydrogens (tertiary/aromatic N) is 1. The lowest BCUT2D eigenvalue weighted by atomic mass is 10.2. The Kier molecular flexibility index (Phi) is 3.72. The van der Waals surface area contributed by atoms with Gasteiger partial charge in [-0.3, -0.25) is 10.2 Å². The average Bonchev–Trinajstić information content (AvgIpc) is 2.58. The maximum atomic E-state index is 11.4. The smallest absolute Gasteiger partial charge is 0.426 e. The molecule has 1 heterocycles. The molecular formula is C10H15N3O4. The third-order valence-corrected chi connectivity index (χ3v) is 1.53. The number of carbonyl (C=O) groups is 2. The van der Waals surface area contributed by atoms with Gasteiger partial charge in [-0.2, -0.15) is 0 Å². The molecule has 1 rings (SSSR count). The molecular weight excluding hydrogens is 226 g/mol. The fourth-order valence-electron chi connectivity index (χ4n) is 0.944. The second-order valence-electron chi connectivity index (χ2n) is 4.41. The van der Waals surface area contributed by atoms with E-state index in [9.17, 15) is 9.59 Å². The fraction of sp³-hybridized carbons (Fsp3) is 0.500. The summed E-state index contributed by atoms with van der Waals surface area (Å²) in [6, 6.07) is 1.45. The predicted octanol–water partition coefficient (Wildman–Crippen LogP) is 1.15. The van der Waals surface area contributed by atoms with E-state index in [-0.39, 0.29) is 5.76 Å². The van der Waals surface area contributed by atoms with Crippen LogP contribution in [-0.2, 0) is 4.74 Å². The molecule has 0 aliphatic heterocycles. The van der Waals surface area contributed by atoms with E-state index in [1.807, 2.05) is 0 Å². The van der Waals surface area contributed by atoms with E-state index in [0.717, 1.165) is 0 Å². The minimum absolute atomic E-state index is 0.0126. The van der Waals surface area contributed by atoms with Gasteiger partial charge in [-0.15, -0.1) is 0 Å². The fourth-order valence-corrected chi connectivity index (χ4v) is 0.944. The highest BCUT2D eigenvalue weighted by Crippen LogP contribution is 2.06. The normalized spacial score (nSPS) is 10.8. The van der Waals surface area contributed by atoms with Crippen molar-refractivity contribution >= 4 is 12.0 Å². The Labute approximate surface area is 98.5 Å². The summed E-state index contributed by atoms with van der Waals surface area (Å²) >= 11 is 0. The van der Waals surface area contributed by atoms with Gasteiger partial charge in [0.1, 0.15) is 5.60 Å². The van der Waals surface area contributed by atoms with E-state index >= 15 is 0 Å². The Bertz CT molecular complexity index is 419. The molecule has 0 spiro atoms. The van der Waals surface area contributed by atoms with Crippen LogP contribution in [0.5, 0.6) is 0 Å². The van der Waals surface area contributed by atoms with Gasteiger partial charge in [-0.25, -0.2) is 10.2 Å². The number of hydrogen-bond acceptors (Lipinski definition) is 5. The number of rotatable bonds is 1. The van der Waals surface area contributed by atoms with E-state index in [2.05, 4.69) is 16.0 Å². The zero-order valence-electron chi connectivity index (χ0n) is 10.2. The Morgan fingerprint density at radius 2 is 2.00 bits per heavy atom. The number of nitrogens with one attached hydrogen (secondary N) is 2. The van der Waals surface area contributed by atoms with Gasteiger partial charge < -0.3 is 9.26 Å². The first-order valence-corrected chi connectivity index (χ1v) is 5.00. The molecule has 0 saturated heterocycles. The molecule has 0 aromatic carbocycles. The molecule has 0 radical (unpaired) electrons. The second-order valence-corrected chi connectivity index (χ2v) is 4.41. The van der Waals surface area contributed by atoms with Gasteiger partial charge in [0.15, 0.2) is 0 Å². The molecule has 0 fully saturated rings. The van der Waals surface area contributed by atoms with Crippen molar-refractivity contribution in [3.63, 3.8) is 0 Å². The third kappa shape index (κ3) is 4.54. The van der Waals surface area contributed by atoms with Crippen LogP contribution in [0.1, 0.15) is 37.0 Å².